The van der Waals surface area contributed by atoms with Gasteiger partial charge in [-0.05, 0) is 72.5 Å². The number of nitrogens with zero attached hydrogens (tertiary/aromatic N) is 1. The number of rotatable bonds is 5. The molecule has 0 bridgehead atoms. The van der Waals surface area contributed by atoms with Crippen LogP contribution in [0.3, 0.4) is 0 Å². The number of fused-ring (bicyclic) bond motifs is 1. The van der Waals surface area contributed by atoms with E-state index in [0.29, 0.717) is 18.3 Å². The van der Waals surface area contributed by atoms with Crippen LogP contribution in [0.1, 0.15) is 11.1 Å². The van der Waals surface area contributed by atoms with E-state index in [9.17, 15) is 4.79 Å². The summed E-state index contributed by atoms with van der Waals surface area (Å²) >= 11 is 7.00. The summed E-state index contributed by atoms with van der Waals surface area (Å²) < 4.78 is 12.6. The highest BCUT2D eigenvalue weighted by Gasteiger charge is 2.25. The number of carbonyl (C=O) groups excluding carboxylic acids is 1. The molecule has 6 heteroatoms. The van der Waals surface area contributed by atoms with E-state index < -0.39 is 5.97 Å². The molecule has 1 heterocycles. The van der Waals surface area contributed by atoms with Crippen LogP contribution in [0, 0.1) is 0 Å². The number of hydrogen-bond acceptors (Lipinski definition) is 4. The molecule has 29 heavy (non-hydrogen) atoms. The van der Waals surface area contributed by atoms with Gasteiger partial charge < -0.3 is 9.47 Å². The van der Waals surface area contributed by atoms with Crippen LogP contribution in [0.15, 0.2) is 86.9 Å². The van der Waals surface area contributed by atoms with E-state index in [1.807, 2.05) is 54.6 Å². The second-order valence-electron chi connectivity index (χ2n) is 6.28. The fourth-order valence-corrected chi connectivity index (χ4v) is 4.49. The molecule has 0 N–H and O–H groups in total. The zero-order valence-electron chi connectivity index (χ0n) is 15.2. The Bertz CT molecular complexity index is 1170. The van der Waals surface area contributed by atoms with Gasteiger partial charge in [-0.15, -0.1) is 0 Å². The summed E-state index contributed by atoms with van der Waals surface area (Å²) in [6.45, 7) is 4.04. The van der Waals surface area contributed by atoms with Crippen LogP contribution in [-0.4, -0.2) is 18.5 Å². The van der Waals surface area contributed by atoms with Gasteiger partial charge in [-0.3, -0.25) is 0 Å². The summed E-state index contributed by atoms with van der Waals surface area (Å²) in [7, 11) is 0. The van der Waals surface area contributed by atoms with E-state index >= 15 is 0 Å². The van der Waals surface area contributed by atoms with Gasteiger partial charge in [0.05, 0.1) is 8.95 Å². The van der Waals surface area contributed by atoms with E-state index in [0.717, 1.165) is 30.8 Å². The molecule has 144 valence electrons. The number of carbonyl (C=O) groups is 1. The molecule has 1 aliphatic rings. The van der Waals surface area contributed by atoms with Gasteiger partial charge in [0.1, 0.15) is 12.4 Å². The number of benzene rings is 3. The van der Waals surface area contributed by atoms with Crippen molar-refractivity contribution in [3.63, 3.8) is 0 Å². The van der Waals surface area contributed by atoms with Crippen molar-refractivity contribution in [1.82, 2.24) is 0 Å². The maximum absolute atomic E-state index is 12.4. The molecular formula is C23H15Br2NO3. The van der Waals surface area contributed by atoms with E-state index in [2.05, 4.69) is 43.4 Å². The molecule has 0 saturated carbocycles. The monoisotopic (exact) mass is 511 g/mol. The minimum Gasteiger partial charge on any atom is -0.487 e. The Balaban J connectivity index is 1.71. The topological polar surface area (TPSA) is 47.9 Å². The lowest BCUT2D eigenvalue weighted by atomic mass is 10.0. The van der Waals surface area contributed by atoms with E-state index in [-0.39, 0.29) is 5.70 Å². The lowest BCUT2D eigenvalue weighted by Gasteiger charge is -2.09. The molecule has 0 spiro atoms. The van der Waals surface area contributed by atoms with Gasteiger partial charge in [0.15, 0.2) is 5.70 Å². The number of aliphatic imine (C=N–C) groups is 1. The normalized spacial score (nSPS) is 14.8. The van der Waals surface area contributed by atoms with Gasteiger partial charge in [0, 0.05) is 5.56 Å². The van der Waals surface area contributed by atoms with Crippen molar-refractivity contribution in [1.29, 1.82) is 0 Å². The van der Waals surface area contributed by atoms with E-state index in [4.69, 9.17) is 9.47 Å². The molecule has 0 amide bonds. The largest absolute Gasteiger partial charge is 0.487 e. The molecular weight excluding hydrogens is 498 g/mol. The Morgan fingerprint density at radius 3 is 2.55 bits per heavy atom. The lowest BCUT2D eigenvalue weighted by Crippen LogP contribution is -2.05. The standard InChI is InChI=1S/C23H15Br2NO3/c1-2-10-28-21-18(24)11-14(12-19(21)25)13-20-23(27)29-22(26-20)17-9-5-7-15-6-3-4-8-16(15)17/h2-9,11-13H,1,10H2/b20-13+. The molecule has 1 aliphatic heterocycles. The second-order valence-corrected chi connectivity index (χ2v) is 7.98. The third-order valence-electron chi connectivity index (χ3n) is 4.31. The summed E-state index contributed by atoms with van der Waals surface area (Å²) in [6.07, 6.45) is 3.36. The average molecular weight is 513 g/mol. The Labute approximate surface area is 184 Å². The predicted octanol–water partition coefficient (Wildman–Crippen LogP) is 6.27. The number of hydrogen-bond donors (Lipinski definition) is 0. The Hall–Kier alpha value is -2.70. The van der Waals surface area contributed by atoms with Crippen molar-refractivity contribution in [3.05, 3.63) is 93.0 Å². The molecule has 3 aromatic carbocycles. The summed E-state index contributed by atoms with van der Waals surface area (Å²) in [6, 6.07) is 17.5. The van der Waals surface area contributed by atoms with Crippen LogP contribution in [-0.2, 0) is 9.53 Å². The van der Waals surface area contributed by atoms with Crippen molar-refractivity contribution in [2.75, 3.05) is 6.61 Å². The Kier molecular flexibility index (Phi) is 5.65. The van der Waals surface area contributed by atoms with Crippen LogP contribution in [0.4, 0.5) is 0 Å². The molecule has 4 rings (SSSR count). The first kappa shape index (κ1) is 19.6. The van der Waals surface area contributed by atoms with Gasteiger partial charge in [-0.2, -0.15) is 0 Å². The maximum Gasteiger partial charge on any atom is 0.363 e. The van der Waals surface area contributed by atoms with Crippen LogP contribution in [0.25, 0.3) is 16.8 Å². The number of halogens is 2. The zero-order chi connectivity index (χ0) is 20.4. The fourth-order valence-electron chi connectivity index (χ4n) is 3.04. The first-order chi connectivity index (χ1) is 14.1. The molecule has 0 atom stereocenters. The van der Waals surface area contributed by atoms with Crippen molar-refractivity contribution >= 4 is 60.6 Å². The van der Waals surface area contributed by atoms with Gasteiger partial charge in [-0.1, -0.05) is 49.1 Å². The number of cyclic esters (lactones) is 1. The van der Waals surface area contributed by atoms with Crippen LogP contribution >= 0.6 is 31.9 Å². The van der Waals surface area contributed by atoms with E-state index in [1.165, 1.54) is 0 Å². The quantitative estimate of drug-likeness (QED) is 0.230. The smallest absolute Gasteiger partial charge is 0.363 e. The van der Waals surface area contributed by atoms with Crippen molar-refractivity contribution in [3.8, 4) is 5.75 Å². The Morgan fingerprint density at radius 2 is 1.79 bits per heavy atom. The summed E-state index contributed by atoms with van der Waals surface area (Å²) in [5, 5.41) is 2.04. The lowest BCUT2D eigenvalue weighted by molar-refractivity contribution is -0.129. The highest BCUT2D eigenvalue weighted by molar-refractivity contribution is 9.11. The van der Waals surface area contributed by atoms with Crippen molar-refractivity contribution in [2.45, 2.75) is 0 Å². The fraction of sp³-hybridized carbons (Fsp3) is 0.0435. The van der Waals surface area contributed by atoms with Gasteiger partial charge in [0.2, 0.25) is 5.90 Å². The first-order valence-corrected chi connectivity index (χ1v) is 10.4. The third-order valence-corrected chi connectivity index (χ3v) is 5.49. The summed E-state index contributed by atoms with van der Waals surface area (Å²) in [5.41, 5.74) is 1.81. The molecule has 0 saturated heterocycles. The minimum absolute atomic E-state index is 0.242. The minimum atomic E-state index is -0.479. The molecule has 0 radical (unpaired) electrons. The average Bonchev–Trinajstić information content (AvgIpc) is 3.07. The SMILES string of the molecule is C=CCOc1c(Br)cc(/C=C2/N=C(c3cccc4ccccc34)OC2=O)cc1Br. The molecule has 0 aliphatic carbocycles. The van der Waals surface area contributed by atoms with Gasteiger partial charge in [0.25, 0.3) is 0 Å². The molecule has 0 fully saturated rings. The number of esters is 1. The first-order valence-electron chi connectivity index (χ1n) is 8.80. The molecule has 0 aromatic heterocycles. The summed E-state index contributed by atoms with van der Waals surface area (Å²) in [4.78, 5) is 16.9. The highest BCUT2D eigenvalue weighted by Crippen LogP contribution is 2.36. The van der Waals surface area contributed by atoms with Crippen molar-refractivity contribution in [2.24, 2.45) is 4.99 Å². The maximum atomic E-state index is 12.4. The molecule has 0 unspecified atom stereocenters. The highest BCUT2D eigenvalue weighted by atomic mass is 79.9. The second kappa shape index (κ2) is 8.35. The molecule has 3 aromatic rings. The van der Waals surface area contributed by atoms with E-state index in [1.54, 1.807) is 12.2 Å². The summed E-state index contributed by atoms with van der Waals surface area (Å²) in [5.74, 6) is 0.496. The van der Waals surface area contributed by atoms with Gasteiger partial charge in [-0.25, -0.2) is 9.79 Å². The van der Waals surface area contributed by atoms with Crippen molar-refractivity contribution < 1.29 is 14.3 Å². The third kappa shape index (κ3) is 4.04. The zero-order valence-corrected chi connectivity index (χ0v) is 18.4. The Morgan fingerprint density at radius 1 is 1.07 bits per heavy atom. The predicted molar refractivity (Wildman–Crippen MR) is 122 cm³/mol. The number of ether oxygens (including phenoxy) is 2. The van der Waals surface area contributed by atoms with Gasteiger partial charge >= 0.3 is 5.97 Å². The van der Waals surface area contributed by atoms with Crippen LogP contribution < -0.4 is 4.74 Å². The molecule has 4 nitrogen and oxygen atoms in total. The van der Waals surface area contributed by atoms with Crippen LogP contribution in [0.2, 0.25) is 0 Å². The van der Waals surface area contributed by atoms with Crippen LogP contribution in [0.5, 0.6) is 5.75 Å².